The Labute approximate surface area is 80.2 Å². The summed E-state index contributed by atoms with van der Waals surface area (Å²) in [4.78, 5) is 3.64. The molecule has 66 valence electrons. The van der Waals surface area contributed by atoms with Crippen LogP contribution in [-0.4, -0.2) is 5.16 Å². The monoisotopic (exact) mass is 181 g/mol. The highest BCUT2D eigenvalue weighted by Gasteiger charge is 1.78. The molecule has 12 heavy (non-hydrogen) atoms. The van der Waals surface area contributed by atoms with E-state index in [0.29, 0.717) is 5.70 Å². The molecular formula is C10H15NS. The fraction of sp³-hybridized carbons (Fsp3) is 0.300. The maximum Gasteiger partial charge on any atom is 0.0667 e. The number of rotatable bonds is 3. The molecule has 0 aliphatic heterocycles. The van der Waals surface area contributed by atoms with Crippen molar-refractivity contribution in [2.45, 2.75) is 20.8 Å². The summed E-state index contributed by atoms with van der Waals surface area (Å²) in [6.45, 7) is 13.2. The molecule has 0 N–H and O–H groups in total. The van der Waals surface area contributed by atoms with E-state index in [4.69, 9.17) is 0 Å². The zero-order chi connectivity index (χ0) is 9.98. The van der Waals surface area contributed by atoms with Crippen LogP contribution in [-0.2, 0) is 0 Å². The Hall–Kier alpha value is -0.980. The second-order valence-electron chi connectivity index (χ2n) is 1.87. The van der Waals surface area contributed by atoms with E-state index in [2.05, 4.69) is 35.5 Å². The molecule has 1 nitrogen and oxygen atoms in total. The lowest BCUT2D eigenvalue weighted by molar-refractivity contribution is 1.44. The van der Waals surface area contributed by atoms with Crippen LogP contribution in [0.15, 0.2) is 41.6 Å². The Morgan fingerprint density at radius 3 is 2.17 bits per heavy atom. The van der Waals surface area contributed by atoms with Crippen molar-refractivity contribution in [3.63, 3.8) is 0 Å². The zero-order valence-electron chi connectivity index (χ0n) is 7.92. The van der Waals surface area contributed by atoms with E-state index in [1.807, 2.05) is 26.8 Å². The van der Waals surface area contributed by atoms with Crippen LogP contribution in [0, 0.1) is 0 Å². The van der Waals surface area contributed by atoms with Crippen LogP contribution in [0.3, 0.4) is 0 Å². The predicted molar refractivity (Wildman–Crippen MR) is 59.5 cm³/mol. The van der Waals surface area contributed by atoms with Crippen molar-refractivity contribution in [3.8, 4) is 0 Å². The Bertz CT molecular complexity index is 220. The van der Waals surface area contributed by atoms with Gasteiger partial charge in [-0.1, -0.05) is 38.7 Å². The lowest BCUT2D eigenvalue weighted by Crippen LogP contribution is -1.66. The Morgan fingerprint density at radius 2 is 1.83 bits per heavy atom. The number of nitrogens with zero attached hydrogens (tertiary/aromatic N) is 1. The molecule has 0 fully saturated rings. The molecule has 0 aliphatic rings. The van der Waals surface area contributed by atoms with Crippen molar-refractivity contribution >= 4 is 17.4 Å². The maximum absolute atomic E-state index is 4.37. The van der Waals surface area contributed by atoms with Crippen LogP contribution in [0.25, 0.3) is 0 Å². The summed E-state index contributed by atoms with van der Waals surface area (Å²) in [6.07, 6.45) is 3.56. The van der Waals surface area contributed by atoms with Crippen LogP contribution < -0.4 is 0 Å². The summed E-state index contributed by atoms with van der Waals surface area (Å²) in [6, 6.07) is 0. The molecule has 0 amide bonds. The van der Waals surface area contributed by atoms with Gasteiger partial charge in [-0.3, -0.25) is 0 Å². The third-order valence-corrected chi connectivity index (χ3v) is 0.841. The minimum absolute atomic E-state index is 0.595. The minimum atomic E-state index is 0.595. The number of aliphatic imine (C=N–C) groups is 1. The van der Waals surface area contributed by atoms with Gasteiger partial charge in [0.15, 0.2) is 0 Å². The van der Waals surface area contributed by atoms with E-state index in [0.717, 1.165) is 5.57 Å². The SMILES string of the molecule is C=C(C)/C=C\C(=C)N=C=S.CC. The van der Waals surface area contributed by atoms with Gasteiger partial charge < -0.3 is 0 Å². The van der Waals surface area contributed by atoms with Crippen LogP contribution in [0.2, 0.25) is 0 Å². The zero-order valence-corrected chi connectivity index (χ0v) is 8.74. The molecular weight excluding hydrogens is 166 g/mol. The largest absolute Gasteiger partial charge is 0.195 e. The molecule has 0 aliphatic carbocycles. The second kappa shape index (κ2) is 10.0. The quantitative estimate of drug-likeness (QED) is 0.367. The third kappa shape index (κ3) is 11.8. The molecule has 0 aromatic heterocycles. The number of thiocarbonyl (C=S) groups is 1. The average Bonchev–Trinajstić information content (AvgIpc) is 2.05. The molecule has 0 aromatic rings. The van der Waals surface area contributed by atoms with Crippen molar-refractivity contribution in [1.29, 1.82) is 0 Å². The lowest BCUT2D eigenvalue weighted by atomic mass is 10.3. The van der Waals surface area contributed by atoms with Gasteiger partial charge in [-0.05, 0) is 25.2 Å². The molecule has 0 heterocycles. The highest BCUT2D eigenvalue weighted by atomic mass is 32.1. The molecule has 0 aromatic carbocycles. The van der Waals surface area contributed by atoms with E-state index in [9.17, 15) is 0 Å². The van der Waals surface area contributed by atoms with Gasteiger partial charge in [-0.2, -0.15) is 4.99 Å². The summed E-state index contributed by atoms with van der Waals surface area (Å²) >= 11 is 4.37. The highest BCUT2D eigenvalue weighted by Crippen LogP contribution is 1.96. The van der Waals surface area contributed by atoms with Crippen LogP contribution >= 0.6 is 12.2 Å². The summed E-state index contributed by atoms with van der Waals surface area (Å²) in [5.41, 5.74) is 1.55. The molecule has 0 atom stereocenters. The van der Waals surface area contributed by atoms with Crippen molar-refractivity contribution in [2.24, 2.45) is 4.99 Å². The summed E-state index contributed by atoms with van der Waals surface area (Å²) in [5, 5.41) is 2.22. The Morgan fingerprint density at radius 1 is 1.33 bits per heavy atom. The molecule has 0 rings (SSSR count). The molecule has 2 heteroatoms. The van der Waals surface area contributed by atoms with Crippen molar-refractivity contribution < 1.29 is 0 Å². The lowest BCUT2D eigenvalue weighted by Gasteiger charge is -1.84. The molecule has 0 unspecified atom stereocenters. The summed E-state index contributed by atoms with van der Waals surface area (Å²) in [7, 11) is 0. The van der Waals surface area contributed by atoms with Crippen molar-refractivity contribution in [1.82, 2.24) is 0 Å². The first-order valence-electron chi connectivity index (χ1n) is 3.77. The van der Waals surface area contributed by atoms with Gasteiger partial charge in [0.2, 0.25) is 0 Å². The first kappa shape index (κ1) is 13.6. The molecule has 0 spiro atoms. The standard InChI is InChI=1S/C8H9NS.C2H6/c1-7(2)4-5-8(3)9-6-10;1-2/h4-5H,1,3H2,2H3;1-2H3/b5-4-;. The van der Waals surface area contributed by atoms with Crippen molar-refractivity contribution in [3.05, 3.63) is 36.6 Å². The topological polar surface area (TPSA) is 12.4 Å². The van der Waals surface area contributed by atoms with E-state index in [1.54, 1.807) is 6.08 Å². The van der Waals surface area contributed by atoms with Gasteiger partial charge in [0.1, 0.15) is 0 Å². The van der Waals surface area contributed by atoms with Gasteiger partial charge in [0.05, 0.1) is 10.9 Å². The van der Waals surface area contributed by atoms with E-state index >= 15 is 0 Å². The van der Waals surface area contributed by atoms with Gasteiger partial charge in [0, 0.05) is 0 Å². The Kier molecular flexibility index (Phi) is 11.4. The highest BCUT2D eigenvalue weighted by molar-refractivity contribution is 7.78. The van der Waals surface area contributed by atoms with Gasteiger partial charge in [0.25, 0.3) is 0 Å². The predicted octanol–water partition coefficient (Wildman–Crippen LogP) is 3.76. The summed E-state index contributed by atoms with van der Waals surface area (Å²) in [5.74, 6) is 0. The van der Waals surface area contributed by atoms with Crippen LogP contribution in [0.5, 0.6) is 0 Å². The van der Waals surface area contributed by atoms with Crippen LogP contribution in [0.1, 0.15) is 20.8 Å². The number of hydrogen-bond acceptors (Lipinski definition) is 2. The van der Waals surface area contributed by atoms with E-state index in [1.165, 1.54) is 0 Å². The first-order valence-corrected chi connectivity index (χ1v) is 4.18. The fourth-order valence-electron chi connectivity index (χ4n) is 0.334. The van der Waals surface area contributed by atoms with Crippen LogP contribution in [0.4, 0.5) is 0 Å². The molecule has 0 bridgehead atoms. The van der Waals surface area contributed by atoms with Gasteiger partial charge >= 0.3 is 0 Å². The van der Waals surface area contributed by atoms with E-state index < -0.39 is 0 Å². The number of isothiocyanates is 1. The second-order valence-corrected chi connectivity index (χ2v) is 2.06. The van der Waals surface area contributed by atoms with Gasteiger partial charge in [-0.15, -0.1) is 0 Å². The first-order chi connectivity index (χ1) is 5.66. The van der Waals surface area contributed by atoms with Gasteiger partial charge in [-0.25, -0.2) is 0 Å². The smallest absolute Gasteiger partial charge is 0.0667 e. The van der Waals surface area contributed by atoms with Crippen molar-refractivity contribution in [2.75, 3.05) is 0 Å². The Balaban J connectivity index is 0. The summed E-state index contributed by atoms with van der Waals surface area (Å²) < 4.78 is 0. The third-order valence-electron chi connectivity index (χ3n) is 0.749. The molecule has 0 radical (unpaired) electrons. The maximum atomic E-state index is 4.37. The minimum Gasteiger partial charge on any atom is -0.195 e. The molecule has 0 saturated heterocycles. The number of allylic oxidation sites excluding steroid dienone is 3. The van der Waals surface area contributed by atoms with E-state index in [-0.39, 0.29) is 0 Å². The molecule has 0 saturated carbocycles. The number of hydrogen-bond donors (Lipinski definition) is 0. The average molecular weight is 181 g/mol. The normalized spacial score (nSPS) is 7.92. The fourth-order valence-corrected chi connectivity index (χ4v) is 0.452.